The Morgan fingerprint density at radius 1 is 1.20 bits per heavy atom. The second-order valence-corrected chi connectivity index (χ2v) is 10.3. The van der Waals surface area contributed by atoms with Gasteiger partial charge in [0.05, 0.1) is 47.0 Å². The number of alkyl halides is 3. The second-order valence-electron chi connectivity index (χ2n) is 10.3. The van der Waals surface area contributed by atoms with Gasteiger partial charge in [-0.05, 0) is 60.4 Å². The van der Waals surface area contributed by atoms with Gasteiger partial charge in [-0.25, -0.2) is 9.78 Å². The molecule has 12 heteroatoms. The summed E-state index contributed by atoms with van der Waals surface area (Å²) in [5.41, 5.74) is 2.77. The summed E-state index contributed by atoms with van der Waals surface area (Å²) < 4.78 is 56.6. The number of hydrogen-bond donors (Lipinski definition) is 1. The number of hydrogen-bond acceptors (Lipinski definition) is 6. The van der Waals surface area contributed by atoms with Gasteiger partial charge in [0.1, 0.15) is 18.2 Å². The topological polar surface area (TPSA) is 94.6 Å². The third-order valence-electron chi connectivity index (χ3n) is 7.46. The van der Waals surface area contributed by atoms with Crippen molar-refractivity contribution in [3.63, 3.8) is 0 Å². The fourth-order valence-electron chi connectivity index (χ4n) is 5.28. The smallest absolute Gasteiger partial charge is 0.419 e. The van der Waals surface area contributed by atoms with Gasteiger partial charge in [-0.3, -0.25) is 9.58 Å². The van der Waals surface area contributed by atoms with E-state index < -0.39 is 17.7 Å². The third kappa shape index (κ3) is 5.28. The molecule has 1 saturated heterocycles. The minimum Gasteiger partial charge on any atom is -0.487 e. The van der Waals surface area contributed by atoms with Crippen LogP contribution in [0.2, 0.25) is 0 Å². The van der Waals surface area contributed by atoms with Gasteiger partial charge in [0.25, 0.3) is 0 Å². The van der Waals surface area contributed by atoms with Crippen LogP contribution in [-0.2, 0) is 50.6 Å². The van der Waals surface area contributed by atoms with Crippen LogP contribution in [0.5, 0.6) is 5.75 Å². The highest BCUT2D eigenvalue weighted by Crippen LogP contribution is 2.40. The lowest BCUT2D eigenvalue weighted by Crippen LogP contribution is -2.34. The molecule has 4 aromatic rings. The van der Waals surface area contributed by atoms with E-state index in [4.69, 9.17) is 14.5 Å². The number of nitrogens with zero attached hydrogens (tertiary/aromatic N) is 5. The lowest BCUT2D eigenvalue weighted by atomic mass is 9.96. The van der Waals surface area contributed by atoms with Gasteiger partial charge in [-0.1, -0.05) is 0 Å². The zero-order chi connectivity index (χ0) is 28.0. The van der Waals surface area contributed by atoms with Crippen LogP contribution >= 0.6 is 0 Å². The molecule has 0 bridgehead atoms. The number of aromatic carboxylic acids is 1. The van der Waals surface area contributed by atoms with Crippen LogP contribution in [-0.4, -0.2) is 54.6 Å². The van der Waals surface area contributed by atoms with Crippen molar-refractivity contribution in [3.05, 3.63) is 76.4 Å². The van der Waals surface area contributed by atoms with Crippen molar-refractivity contribution >= 4 is 17.0 Å². The van der Waals surface area contributed by atoms with Crippen molar-refractivity contribution < 1.29 is 32.5 Å². The predicted molar refractivity (Wildman–Crippen MR) is 138 cm³/mol. The number of carboxylic acids is 1. The molecule has 40 heavy (non-hydrogen) atoms. The van der Waals surface area contributed by atoms with E-state index in [1.807, 2.05) is 4.57 Å². The Morgan fingerprint density at radius 3 is 2.70 bits per heavy atom. The molecule has 0 radical (unpaired) electrons. The molecule has 6 rings (SSSR count). The third-order valence-corrected chi connectivity index (χ3v) is 7.46. The van der Waals surface area contributed by atoms with Crippen LogP contribution < -0.4 is 4.74 Å². The summed E-state index contributed by atoms with van der Waals surface area (Å²) in [6.07, 6.45) is -1.44. The Kier molecular flexibility index (Phi) is 6.75. The number of benzene rings is 2. The Balaban J connectivity index is 1.27. The standard InChI is InChI=1S/C28H28F3N5O4/c1-34-7-5-20(33-34)16-40-25-12-19-13-35(8-4-17(19)10-22(25)28(29,30)31)15-26-32-23-3-2-18(27(37)38)11-24(23)36(26)14-21-6-9-39-21/h2-3,5,7,10-12,21H,4,6,8-9,13-16H2,1H3,(H,37,38)/t21-/m0/s1. The predicted octanol–water partition coefficient (Wildman–Crippen LogP) is 4.41. The minimum absolute atomic E-state index is 0.0336. The maximum absolute atomic E-state index is 13.9. The summed E-state index contributed by atoms with van der Waals surface area (Å²) in [5, 5.41) is 13.7. The van der Waals surface area contributed by atoms with Gasteiger partial charge in [0.15, 0.2) is 0 Å². The number of carbonyl (C=O) groups is 1. The van der Waals surface area contributed by atoms with Gasteiger partial charge in [-0.15, -0.1) is 0 Å². The van der Waals surface area contributed by atoms with Crippen molar-refractivity contribution in [2.75, 3.05) is 13.2 Å². The first-order chi connectivity index (χ1) is 19.1. The Hall–Kier alpha value is -3.90. The first-order valence-corrected chi connectivity index (χ1v) is 13.0. The van der Waals surface area contributed by atoms with E-state index in [-0.39, 0.29) is 24.0 Å². The van der Waals surface area contributed by atoms with E-state index in [2.05, 4.69) is 10.00 Å². The molecule has 0 spiro atoms. The molecule has 2 aliphatic heterocycles. The molecule has 0 saturated carbocycles. The highest BCUT2D eigenvalue weighted by atomic mass is 19.4. The summed E-state index contributed by atoms with van der Waals surface area (Å²) >= 11 is 0. The fourth-order valence-corrected chi connectivity index (χ4v) is 5.28. The Morgan fingerprint density at radius 2 is 2.02 bits per heavy atom. The van der Waals surface area contributed by atoms with Crippen LogP contribution in [0, 0.1) is 0 Å². The summed E-state index contributed by atoms with van der Waals surface area (Å²) in [7, 11) is 1.73. The van der Waals surface area contributed by atoms with Crippen molar-refractivity contribution in [2.45, 2.75) is 51.4 Å². The number of aromatic nitrogens is 4. The summed E-state index contributed by atoms with van der Waals surface area (Å²) in [4.78, 5) is 18.5. The Labute approximate surface area is 227 Å². The van der Waals surface area contributed by atoms with E-state index in [1.165, 1.54) is 18.2 Å². The van der Waals surface area contributed by atoms with Crippen LogP contribution in [0.15, 0.2) is 42.6 Å². The lowest BCUT2D eigenvalue weighted by molar-refractivity contribution is -0.139. The summed E-state index contributed by atoms with van der Waals surface area (Å²) in [6.45, 7) is 2.62. The largest absolute Gasteiger partial charge is 0.487 e. The minimum atomic E-state index is -4.55. The highest BCUT2D eigenvalue weighted by Gasteiger charge is 2.36. The van der Waals surface area contributed by atoms with Crippen LogP contribution in [0.1, 0.15) is 45.0 Å². The van der Waals surface area contributed by atoms with Crippen molar-refractivity contribution in [1.29, 1.82) is 0 Å². The normalized spacial score (nSPS) is 17.6. The molecule has 9 nitrogen and oxygen atoms in total. The number of carboxylic acid groups (broad SMARTS) is 1. The zero-order valence-electron chi connectivity index (χ0n) is 21.8. The molecule has 210 valence electrons. The van der Waals surface area contributed by atoms with Crippen LogP contribution in [0.3, 0.4) is 0 Å². The molecule has 4 heterocycles. The molecule has 0 unspecified atom stereocenters. The molecule has 2 aromatic heterocycles. The van der Waals surface area contributed by atoms with E-state index in [1.54, 1.807) is 36.1 Å². The lowest BCUT2D eigenvalue weighted by Gasteiger charge is -2.31. The number of ether oxygens (including phenoxy) is 2. The molecule has 0 amide bonds. The van der Waals surface area contributed by atoms with E-state index >= 15 is 0 Å². The first kappa shape index (κ1) is 26.3. The average molecular weight is 556 g/mol. The molecular formula is C28H28F3N5O4. The first-order valence-electron chi connectivity index (χ1n) is 13.0. The molecule has 0 aliphatic carbocycles. The zero-order valence-corrected chi connectivity index (χ0v) is 21.8. The van der Waals surface area contributed by atoms with Crippen LogP contribution in [0.4, 0.5) is 13.2 Å². The van der Waals surface area contributed by atoms with Gasteiger partial charge in [0.2, 0.25) is 0 Å². The summed E-state index contributed by atoms with van der Waals surface area (Å²) in [6, 6.07) is 9.27. The van der Waals surface area contributed by atoms with Gasteiger partial charge < -0.3 is 19.1 Å². The number of fused-ring (bicyclic) bond motifs is 2. The number of rotatable bonds is 8. The average Bonchev–Trinajstić information content (AvgIpc) is 3.45. The fraction of sp³-hybridized carbons (Fsp3) is 0.393. The molecule has 1 N–H and O–H groups in total. The van der Waals surface area contributed by atoms with Crippen molar-refractivity contribution in [3.8, 4) is 5.75 Å². The summed E-state index contributed by atoms with van der Waals surface area (Å²) in [5.74, 6) is -0.465. The van der Waals surface area contributed by atoms with E-state index in [9.17, 15) is 23.1 Å². The van der Waals surface area contributed by atoms with E-state index in [0.717, 1.165) is 23.3 Å². The quantitative estimate of drug-likeness (QED) is 0.344. The monoisotopic (exact) mass is 555 g/mol. The molecule has 2 aliphatic rings. The highest BCUT2D eigenvalue weighted by molar-refractivity contribution is 5.92. The van der Waals surface area contributed by atoms with Gasteiger partial charge >= 0.3 is 12.1 Å². The van der Waals surface area contributed by atoms with Crippen molar-refractivity contribution in [2.24, 2.45) is 7.05 Å². The number of halogens is 3. The molecule has 1 atom stereocenters. The van der Waals surface area contributed by atoms with Crippen LogP contribution in [0.25, 0.3) is 11.0 Å². The maximum atomic E-state index is 13.9. The number of aryl methyl sites for hydroxylation is 1. The molecular weight excluding hydrogens is 527 g/mol. The SMILES string of the molecule is Cn1ccc(COc2cc3c(cc2C(F)(F)F)CCN(Cc2nc4ccc(C(=O)O)cc4n2C[C@@H]2CCO2)C3)n1. The van der Waals surface area contributed by atoms with Gasteiger partial charge in [0, 0.05) is 32.9 Å². The molecule has 1 fully saturated rings. The van der Waals surface area contributed by atoms with E-state index in [0.29, 0.717) is 56.0 Å². The maximum Gasteiger partial charge on any atom is 0.419 e. The second kappa shape index (κ2) is 10.3. The molecule has 2 aromatic carbocycles. The Bertz CT molecular complexity index is 1570. The number of imidazole rings is 1. The van der Waals surface area contributed by atoms with Crippen molar-refractivity contribution in [1.82, 2.24) is 24.2 Å². The van der Waals surface area contributed by atoms with Gasteiger partial charge in [-0.2, -0.15) is 18.3 Å².